The fourth-order valence-electron chi connectivity index (χ4n) is 1.29. The number of hydrogen-bond donors (Lipinski definition) is 0. The molecular formula is C10H21NO. The normalized spacial score (nSPS) is 16.2. The van der Waals surface area contributed by atoms with Crippen LogP contribution in [0.15, 0.2) is 0 Å². The van der Waals surface area contributed by atoms with Crippen LogP contribution >= 0.6 is 0 Å². The minimum atomic E-state index is 0.0616. The van der Waals surface area contributed by atoms with Crippen molar-refractivity contribution in [3.8, 4) is 0 Å². The molecule has 0 saturated carbocycles. The van der Waals surface area contributed by atoms with Gasteiger partial charge < -0.3 is 0 Å². The molecule has 0 spiro atoms. The number of carbonyl (C=O) groups excluding carboxylic acids is 1. The van der Waals surface area contributed by atoms with Crippen molar-refractivity contribution in [2.24, 2.45) is 0 Å². The topological polar surface area (TPSA) is 20.3 Å². The van der Waals surface area contributed by atoms with Crippen LogP contribution in [0.3, 0.4) is 0 Å². The predicted octanol–water partition coefficient (Wildman–Crippen LogP) is 2.08. The summed E-state index contributed by atoms with van der Waals surface area (Å²) < 4.78 is 0. The molecule has 0 amide bonds. The van der Waals surface area contributed by atoms with E-state index in [-0.39, 0.29) is 11.8 Å². The van der Waals surface area contributed by atoms with E-state index >= 15 is 0 Å². The van der Waals surface area contributed by atoms with Crippen LogP contribution < -0.4 is 0 Å². The van der Waals surface area contributed by atoms with E-state index in [1.165, 1.54) is 6.42 Å². The second kappa shape index (κ2) is 5.31. The fraction of sp³-hybridized carbons (Fsp3) is 0.900. The summed E-state index contributed by atoms with van der Waals surface area (Å²) in [4.78, 5) is 13.2. The molecule has 12 heavy (non-hydrogen) atoms. The summed E-state index contributed by atoms with van der Waals surface area (Å²) in [5, 5.41) is 0. The van der Waals surface area contributed by atoms with Crippen LogP contribution in [0.1, 0.15) is 40.5 Å². The molecule has 2 nitrogen and oxygen atoms in total. The number of nitrogens with zero attached hydrogens (tertiary/aromatic N) is 1. The third-order valence-electron chi connectivity index (χ3n) is 2.60. The maximum atomic E-state index is 11.1. The second-order valence-electron chi connectivity index (χ2n) is 3.59. The van der Waals surface area contributed by atoms with Gasteiger partial charge in [0.1, 0.15) is 5.78 Å². The van der Waals surface area contributed by atoms with Gasteiger partial charge in [-0.1, -0.05) is 13.3 Å². The van der Waals surface area contributed by atoms with Gasteiger partial charge in [0.15, 0.2) is 0 Å². The molecule has 0 bridgehead atoms. The number of carbonyl (C=O) groups is 1. The smallest absolute Gasteiger partial charge is 0.146 e. The average molecular weight is 171 g/mol. The van der Waals surface area contributed by atoms with Gasteiger partial charge in [0.05, 0.1) is 6.04 Å². The summed E-state index contributed by atoms with van der Waals surface area (Å²) in [5.41, 5.74) is 0. The molecule has 0 N–H and O–H groups in total. The van der Waals surface area contributed by atoms with E-state index in [1.54, 1.807) is 6.92 Å². The first kappa shape index (κ1) is 11.6. The summed E-state index contributed by atoms with van der Waals surface area (Å²) in [6, 6.07) is 0.570. The minimum Gasteiger partial charge on any atom is -0.298 e. The molecule has 0 aliphatic heterocycles. The third kappa shape index (κ3) is 3.35. The van der Waals surface area contributed by atoms with Crippen molar-refractivity contribution in [1.82, 2.24) is 4.90 Å². The summed E-state index contributed by atoms with van der Waals surface area (Å²) in [5.74, 6) is 0.250. The highest BCUT2D eigenvalue weighted by atomic mass is 16.1. The molecule has 0 saturated heterocycles. The highest BCUT2D eigenvalue weighted by Gasteiger charge is 2.17. The van der Waals surface area contributed by atoms with Crippen molar-refractivity contribution < 1.29 is 4.79 Å². The molecule has 0 aliphatic carbocycles. The zero-order valence-corrected chi connectivity index (χ0v) is 8.92. The molecule has 2 atom stereocenters. The van der Waals surface area contributed by atoms with Crippen LogP contribution in [0.4, 0.5) is 0 Å². The summed E-state index contributed by atoms with van der Waals surface area (Å²) >= 11 is 0. The zero-order valence-electron chi connectivity index (χ0n) is 8.92. The molecule has 0 aliphatic rings. The lowest BCUT2D eigenvalue weighted by Crippen LogP contribution is -2.40. The third-order valence-corrected chi connectivity index (χ3v) is 2.60. The van der Waals surface area contributed by atoms with Gasteiger partial charge in [0.2, 0.25) is 0 Å². The molecule has 0 heterocycles. The van der Waals surface area contributed by atoms with Gasteiger partial charge in [-0.2, -0.15) is 0 Å². The Balaban J connectivity index is 3.99. The second-order valence-corrected chi connectivity index (χ2v) is 3.59. The molecule has 2 heteroatoms. The highest BCUT2D eigenvalue weighted by Crippen LogP contribution is 2.08. The van der Waals surface area contributed by atoms with Crippen molar-refractivity contribution in [2.75, 3.05) is 7.05 Å². The molecule has 0 aromatic carbocycles. The Hall–Kier alpha value is -0.370. The van der Waals surface area contributed by atoms with Gasteiger partial charge in [0, 0.05) is 6.04 Å². The monoisotopic (exact) mass is 171 g/mol. The quantitative estimate of drug-likeness (QED) is 0.631. The van der Waals surface area contributed by atoms with Gasteiger partial charge in [-0.15, -0.1) is 0 Å². The molecule has 2 unspecified atom stereocenters. The van der Waals surface area contributed by atoms with Crippen molar-refractivity contribution in [3.05, 3.63) is 0 Å². The lowest BCUT2D eigenvalue weighted by Gasteiger charge is -2.28. The minimum absolute atomic E-state index is 0.0616. The Labute approximate surface area is 75.9 Å². The van der Waals surface area contributed by atoms with Crippen molar-refractivity contribution in [3.63, 3.8) is 0 Å². The van der Waals surface area contributed by atoms with E-state index in [1.807, 2.05) is 14.0 Å². The first-order valence-electron chi connectivity index (χ1n) is 4.73. The maximum absolute atomic E-state index is 11.1. The average Bonchev–Trinajstić information content (AvgIpc) is 2.02. The van der Waals surface area contributed by atoms with Crippen molar-refractivity contribution >= 4 is 5.78 Å². The Morgan fingerprint density at radius 1 is 1.42 bits per heavy atom. The van der Waals surface area contributed by atoms with Crippen LogP contribution in [0.2, 0.25) is 0 Å². The number of rotatable bonds is 5. The van der Waals surface area contributed by atoms with Gasteiger partial charge in [-0.25, -0.2) is 0 Å². The predicted molar refractivity (Wildman–Crippen MR) is 52.3 cm³/mol. The lowest BCUT2D eigenvalue weighted by molar-refractivity contribution is -0.121. The molecule has 0 fully saturated rings. The molecule has 72 valence electrons. The van der Waals surface area contributed by atoms with Crippen LogP contribution in [0.25, 0.3) is 0 Å². The van der Waals surface area contributed by atoms with E-state index in [4.69, 9.17) is 0 Å². The summed E-state index contributed by atoms with van der Waals surface area (Å²) in [6.07, 6.45) is 2.34. The summed E-state index contributed by atoms with van der Waals surface area (Å²) in [7, 11) is 2.02. The number of hydrogen-bond acceptors (Lipinski definition) is 2. The summed E-state index contributed by atoms with van der Waals surface area (Å²) in [6.45, 7) is 7.96. The van der Waals surface area contributed by atoms with Gasteiger partial charge in [0.25, 0.3) is 0 Å². The molecule has 0 aromatic heterocycles. The van der Waals surface area contributed by atoms with Crippen LogP contribution in [-0.2, 0) is 4.79 Å². The van der Waals surface area contributed by atoms with Crippen molar-refractivity contribution in [1.29, 1.82) is 0 Å². The van der Waals surface area contributed by atoms with Crippen LogP contribution in [-0.4, -0.2) is 29.8 Å². The molecule has 0 radical (unpaired) electrons. The SMILES string of the molecule is CCCC(C)N(C)C(C)C(C)=O. The first-order valence-corrected chi connectivity index (χ1v) is 4.73. The van der Waals surface area contributed by atoms with E-state index in [2.05, 4.69) is 18.7 Å². The Morgan fingerprint density at radius 3 is 2.25 bits per heavy atom. The first-order chi connectivity index (χ1) is 5.50. The van der Waals surface area contributed by atoms with Gasteiger partial charge >= 0.3 is 0 Å². The number of likely N-dealkylation sites (N-methyl/N-ethyl adjacent to an activating group) is 1. The standard InChI is InChI=1S/C10H21NO/c1-6-7-8(2)11(5)9(3)10(4)12/h8-9H,6-7H2,1-5H3. The van der Waals surface area contributed by atoms with E-state index in [0.29, 0.717) is 6.04 Å². The molecule has 0 aromatic rings. The highest BCUT2D eigenvalue weighted by molar-refractivity contribution is 5.80. The number of ketones is 1. The van der Waals surface area contributed by atoms with Crippen LogP contribution in [0, 0.1) is 0 Å². The molecule has 0 rings (SSSR count). The Morgan fingerprint density at radius 2 is 1.92 bits per heavy atom. The van der Waals surface area contributed by atoms with E-state index in [9.17, 15) is 4.79 Å². The fourth-order valence-corrected chi connectivity index (χ4v) is 1.29. The van der Waals surface area contributed by atoms with Crippen LogP contribution in [0.5, 0.6) is 0 Å². The largest absolute Gasteiger partial charge is 0.298 e. The molecular weight excluding hydrogens is 150 g/mol. The number of Topliss-reactive ketones (excluding diaryl/α,β-unsaturated/α-hetero) is 1. The lowest BCUT2D eigenvalue weighted by atomic mass is 10.1. The Kier molecular flexibility index (Phi) is 5.14. The Bertz CT molecular complexity index is 145. The zero-order chi connectivity index (χ0) is 9.72. The van der Waals surface area contributed by atoms with E-state index < -0.39 is 0 Å². The maximum Gasteiger partial charge on any atom is 0.146 e. The van der Waals surface area contributed by atoms with Gasteiger partial charge in [-0.3, -0.25) is 9.69 Å². The van der Waals surface area contributed by atoms with E-state index in [0.717, 1.165) is 6.42 Å². The van der Waals surface area contributed by atoms with Crippen molar-refractivity contribution in [2.45, 2.75) is 52.6 Å². The van der Waals surface area contributed by atoms with Gasteiger partial charge in [-0.05, 0) is 34.2 Å².